The minimum Gasteiger partial charge on any atom is -0.269 e. The van der Waals surface area contributed by atoms with E-state index in [9.17, 15) is 12.8 Å². The summed E-state index contributed by atoms with van der Waals surface area (Å²) < 4.78 is 37.3. The van der Waals surface area contributed by atoms with Crippen molar-refractivity contribution in [2.24, 2.45) is 0 Å². The van der Waals surface area contributed by atoms with Crippen LogP contribution in [0.1, 0.15) is 12.0 Å². The Bertz CT molecular complexity index is 563. The minimum absolute atomic E-state index is 0.0467. The van der Waals surface area contributed by atoms with E-state index in [4.69, 9.17) is 5.26 Å². The smallest absolute Gasteiger partial charge is 0.235 e. The summed E-state index contributed by atoms with van der Waals surface area (Å²) in [7, 11) is -3.33. The van der Waals surface area contributed by atoms with Crippen LogP contribution in [-0.4, -0.2) is 20.7 Å². The average Bonchev–Trinajstić information content (AvgIpc) is 2.58. The number of hydrogen-bond acceptors (Lipinski definition) is 3. The third-order valence-electron chi connectivity index (χ3n) is 2.45. The van der Waals surface area contributed by atoms with Crippen LogP contribution in [0.4, 0.5) is 10.1 Å². The SMILES string of the molecule is N#Cc1cc(F)ccc1N1CCCS1(=O)=O. The van der Waals surface area contributed by atoms with E-state index in [-0.39, 0.29) is 17.0 Å². The van der Waals surface area contributed by atoms with Crippen molar-refractivity contribution in [2.45, 2.75) is 6.42 Å². The second-order valence-electron chi connectivity index (χ2n) is 3.51. The quantitative estimate of drug-likeness (QED) is 0.742. The lowest BCUT2D eigenvalue weighted by Crippen LogP contribution is -2.25. The Balaban J connectivity index is 2.53. The standard InChI is InChI=1S/C10H9FN2O2S/c11-9-2-3-10(8(6-9)7-12)13-4-1-5-16(13,14)15/h2-3,6H,1,4-5H2. The van der Waals surface area contributed by atoms with E-state index in [1.54, 1.807) is 6.07 Å². The molecule has 0 bridgehead atoms. The predicted molar refractivity (Wildman–Crippen MR) is 56.9 cm³/mol. The van der Waals surface area contributed by atoms with Crippen LogP contribution in [0.2, 0.25) is 0 Å². The lowest BCUT2D eigenvalue weighted by molar-refractivity contribution is 0.599. The summed E-state index contributed by atoms with van der Waals surface area (Å²) in [6.45, 7) is 0.350. The molecule has 1 aliphatic heterocycles. The van der Waals surface area contributed by atoms with Crippen LogP contribution >= 0.6 is 0 Å². The highest BCUT2D eigenvalue weighted by Crippen LogP contribution is 2.27. The van der Waals surface area contributed by atoms with Gasteiger partial charge in [0.15, 0.2) is 0 Å². The van der Waals surface area contributed by atoms with E-state index in [1.807, 2.05) is 0 Å². The average molecular weight is 240 g/mol. The van der Waals surface area contributed by atoms with E-state index < -0.39 is 15.8 Å². The third-order valence-corrected chi connectivity index (χ3v) is 4.30. The normalized spacial score (nSPS) is 18.4. The molecule has 84 valence electrons. The lowest BCUT2D eigenvalue weighted by Gasteiger charge is -2.17. The maximum atomic E-state index is 12.9. The molecule has 0 unspecified atom stereocenters. The second-order valence-corrected chi connectivity index (χ2v) is 5.53. The van der Waals surface area contributed by atoms with E-state index in [0.717, 1.165) is 12.1 Å². The monoisotopic (exact) mass is 240 g/mol. The molecule has 6 heteroatoms. The topological polar surface area (TPSA) is 61.2 Å². The van der Waals surface area contributed by atoms with Gasteiger partial charge in [0.05, 0.1) is 17.0 Å². The van der Waals surface area contributed by atoms with Crippen molar-refractivity contribution in [3.05, 3.63) is 29.6 Å². The Hall–Kier alpha value is -1.61. The summed E-state index contributed by atoms with van der Waals surface area (Å²) in [5.41, 5.74) is 0.312. The van der Waals surface area contributed by atoms with Gasteiger partial charge in [0, 0.05) is 6.54 Å². The van der Waals surface area contributed by atoms with Gasteiger partial charge in [-0.05, 0) is 24.6 Å². The molecule has 0 radical (unpaired) electrons. The molecule has 0 aromatic heterocycles. The lowest BCUT2D eigenvalue weighted by atomic mass is 10.2. The highest BCUT2D eigenvalue weighted by atomic mass is 32.2. The molecular formula is C10H9FN2O2S. The molecule has 1 aromatic carbocycles. The number of sulfonamides is 1. The number of nitriles is 1. The van der Waals surface area contributed by atoms with Crippen molar-refractivity contribution in [3.8, 4) is 6.07 Å². The van der Waals surface area contributed by atoms with Crippen molar-refractivity contribution >= 4 is 15.7 Å². The molecule has 16 heavy (non-hydrogen) atoms. The van der Waals surface area contributed by atoms with Crippen LogP contribution in [-0.2, 0) is 10.0 Å². The molecule has 0 aliphatic carbocycles. The molecule has 0 amide bonds. The highest BCUT2D eigenvalue weighted by molar-refractivity contribution is 7.93. The number of rotatable bonds is 1. The van der Waals surface area contributed by atoms with E-state index in [2.05, 4.69) is 0 Å². The molecule has 0 atom stereocenters. The maximum absolute atomic E-state index is 12.9. The van der Waals surface area contributed by atoms with Crippen LogP contribution in [0, 0.1) is 17.1 Å². The van der Waals surface area contributed by atoms with Crippen LogP contribution in [0.25, 0.3) is 0 Å². The van der Waals surface area contributed by atoms with Crippen LogP contribution in [0.5, 0.6) is 0 Å². The predicted octanol–water partition coefficient (Wildman–Crippen LogP) is 1.24. The van der Waals surface area contributed by atoms with Crippen molar-refractivity contribution in [1.82, 2.24) is 0 Å². The number of halogens is 1. The summed E-state index contributed by atoms with van der Waals surface area (Å²) in [5.74, 6) is -0.466. The Morgan fingerprint density at radius 2 is 2.19 bits per heavy atom. The van der Waals surface area contributed by atoms with Gasteiger partial charge in [-0.3, -0.25) is 4.31 Å². The van der Waals surface area contributed by atoms with E-state index in [1.165, 1.54) is 10.4 Å². The van der Waals surface area contributed by atoms with E-state index >= 15 is 0 Å². The first-order valence-electron chi connectivity index (χ1n) is 4.75. The molecule has 1 saturated heterocycles. The summed E-state index contributed by atoms with van der Waals surface area (Å²) >= 11 is 0. The molecule has 0 saturated carbocycles. The van der Waals surface area contributed by atoms with Crippen LogP contribution in [0.15, 0.2) is 18.2 Å². The third kappa shape index (κ3) is 1.74. The first-order chi connectivity index (χ1) is 7.54. The summed E-state index contributed by atoms with van der Waals surface area (Å²) in [6, 6.07) is 5.34. The van der Waals surface area contributed by atoms with Crippen LogP contribution < -0.4 is 4.31 Å². The summed E-state index contributed by atoms with van der Waals surface area (Å²) in [5, 5.41) is 8.84. The Labute approximate surface area is 93.0 Å². The molecule has 2 rings (SSSR count). The highest BCUT2D eigenvalue weighted by Gasteiger charge is 2.30. The van der Waals surface area contributed by atoms with Crippen molar-refractivity contribution in [3.63, 3.8) is 0 Å². The minimum atomic E-state index is -3.33. The molecule has 1 aromatic rings. The Morgan fingerprint density at radius 3 is 2.75 bits per heavy atom. The fourth-order valence-corrected chi connectivity index (χ4v) is 3.31. The summed E-state index contributed by atoms with van der Waals surface area (Å²) in [6.07, 6.45) is 0.532. The first-order valence-corrected chi connectivity index (χ1v) is 6.35. The number of hydrogen-bond donors (Lipinski definition) is 0. The molecule has 1 heterocycles. The van der Waals surface area contributed by atoms with Gasteiger partial charge in [-0.2, -0.15) is 5.26 Å². The fourth-order valence-electron chi connectivity index (χ4n) is 1.73. The van der Waals surface area contributed by atoms with Gasteiger partial charge in [0.2, 0.25) is 10.0 Å². The molecule has 0 N–H and O–H groups in total. The van der Waals surface area contributed by atoms with Gasteiger partial charge in [0.1, 0.15) is 11.9 Å². The molecular weight excluding hydrogens is 231 g/mol. The fraction of sp³-hybridized carbons (Fsp3) is 0.300. The van der Waals surface area contributed by atoms with Crippen LogP contribution in [0.3, 0.4) is 0 Å². The maximum Gasteiger partial charge on any atom is 0.235 e. The first kappa shape index (κ1) is 10.9. The Kier molecular flexibility index (Phi) is 2.56. The zero-order valence-corrected chi connectivity index (χ0v) is 9.17. The van der Waals surface area contributed by atoms with Gasteiger partial charge in [-0.1, -0.05) is 0 Å². The zero-order valence-electron chi connectivity index (χ0n) is 8.35. The molecule has 4 nitrogen and oxygen atoms in total. The van der Waals surface area contributed by atoms with Gasteiger partial charge < -0.3 is 0 Å². The van der Waals surface area contributed by atoms with Gasteiger partial charge >= 0.3 is 0 Å². The number of benzene rings is 1. The number of anilines is 1. The zero-order chi connectivity index (χ0) is 11.8. The van der Waals surface area contributed by atoms with Crippen molar-refractivity contribution < 1.29 is 12.8 Å². The van der Waals surface area contributed by atoms with Crippen molar-refractivity contribution in [1.29, 1.82) is 5.26 Å². The van der Waals surface area contributed by atoms with E-state index in [0.29, 0.717) is 13.0 Å². The van der Waals surface area contributed by atoms with Gasteiger partial charge in [-0.15, -0.1) is 0 Å². The van der Waals surface area contributed by atoms with Gasteiger partial charge in [-0.25, -0.2) is 12.8 Å². The molecule has 1 fully saturated rings. The largest absolute Gasteiger partial charge is 0.269 e. The Morgan fingerprint density at radius 1 is 1.44 bits per heavy atom. The molecule has 0 spiro atoms. The van der Waals surface area contributed by atoms with Crippen molar-refractivity contribution in [2.75, 3.05) is 16.6 Å². The number of nitrogens with zero attached hydrogens (tertiary/aromatic N) is 2. The second kappa shape index (κ2) is 3.76. The molecule has 1 aliphatic rings. The van der Waals surface area contributed by atoms with Gasteiger partial charge in [0.25, 0.3) is 0 Å². The summed E-state index contributed by atoms with van der Waals surface area (Å²) in [4.78, 5) is 0.